The van der Waals surface area contributed by atoms with Crippen molar-refractivity contribution in [2.45, 2.75) is 6.42 Å². The zero-order valence-corrected chi connectivity index (χ0v) is 11.7. The zero-order valence-electron chi connectivity index (χ0n) is 11.7. The number of benzene rings is 1. The van der Waals surface area contributed by atoms with Gasteiger partial charge in [-0.1, -0.05) is 0 Å². The standard InChI is InChI=1S/C13H16N2O6/c1-14(6-5-13(17)18)8-11(16)9-3-4-12(21-2)10(7-9)15(19)20/h3-4,7H,5-6,8H2,1-2H3,(H,17,18). The Morgan fingerprint density at radius 1 is 1.43 bits per heavy atom. The highest BCUT2D eigenvalue weighted by Crippen LogP contribution is 2.27. The van der Waals surface area contributed by atoms with E-state index in [-0.39, 0.29) is 42.3 Å². The van der Waals surface area contributed by atoms with Crippen LogP contribution in [-0.2, 0) is 4.79 Å². The molecule has 1 N–H and O–H groups in total. The molecule has 0 aromatic heterocycles. The Balaban J connectivity index is 2.81. The van der Waals surface area contributed by atoms with Gasteiger partial charge in [-0.25, -0.2) is 0 Å². The SMILES string of the molecule is COc1ccc(C(=O)CN(C)CCC(=O)O)cc1[N+](=O)[O-]. The quantitative estimate of drug-likeness (QED) is 0.436. The van der Waals surface area contributed by atoms with Crippen molar-refractivity contribution in [2.75, 3.05) is 27.2 Å². The lowest BCUT2D eigenvalue weighted by atomic mass is 10.1. The Labute approximate surface area is 121 Å². The van der Waals surface area contributed by atoms with Crippen LogP contribution in [0.1, 0.15) is 16.8 Å². The van der Waals surface area contributed by atoms with E-state index in [1.54, 1.807) is 11.9 Å². The summed E-state index contributed by atoms with van der Waals surface area (Å²) in [5.41, 5.74) is -0.0961. The third kappa shape index (κ3) is 4.84. The maximum atomic E-state index is 12.0. The minimum atomic E-state index is -0.950. The molecule has 0 saturated carbocycles. The van der Waals surface area contributed by atoms with Gasteiger partial charge in [0.25, 0.3) is 0 Å². The van der Waals surface area contributed by atoms with Gasteiger partial charge in [0, 0.05) is 18.2 Å². The van der Waals surface area contributed by atoms with Crippen molar-refractivity contribution in [1.82, 2.24) is 4.90 Å². The third-order valence-electron chi connectivity index (χ3n) is 2.82. The number of hydrogen-bond donors (Lipinski definition) is 1. The number of ether oxygens (including phenoxy) is 1. The number of aliphatic carboxylic acids is 1. The Bertz CT molecular complexity index is 558. The number of carbonyl (C=O) groups is 2. The first-order valence-electron chi connectivity index (χ1n) is 6.11. The molecule has 0 aliphatic rings. The number of carboxylic acids is 1. The van der Waals surface area contributed by atoms with Crippen LogP contribution in [-0.4, -0.2) is 53.9 Å². The van der Waals surface area contributed by atoms with Gasteiger partial charge in [-0.3, -0.25) is 24.6 Å². The topological polar surface area (TPSA) is 110 Å². The summed E-state index contributed by atoms with van der Waals surface area (Å²) < 4.78 is 4.86. The van der Waals surface area contributed by atoms with Crippen molar-refractivity contribution in [3.8, 4) is 5.75 Å². The molecule has 0 saturated heterocycles. The zero-order chi connectivity index (χ0) is 16.0. The van der Waals surface area contributed by atoms with Crippen LogP contribution in [0.5, 0.6) is 5.75 Å². The van der Waals surface area contributed by atoms with Crippen LogP contribution in [0.3, 0.4) is 0 Å². The summed E-state index contributed by atoms with van der Waals surface area (Å²) in [5.74, 6) is -1.20. The first-order chi connectivity index (χ1) is 9.85. The van der Waals surface area contributed by atoms with E-state index in [1.165, 1.54) is 19.2 Å². The van der Waals surface area contributed by atoms with Crippen molar-refractivity contribution in [1.29, 1.82) is 0 Å². The smallest absolute Gasteiger partial charge is 0.311 e. The van der Waals surface area contributed by atoms with Crippen molar-refractivity contribution < 1.29 is 24.4 Å². The molecule has 1 aromatic carbocycles. The van der Waals surface area contributed by atoms with Crippen LogP contribution in [0.15, 0.2) is 18.2 Å². The lowest BCUT2D eigenvalue weighted by Gasteiger charge is -2.14. The number of nitro groups is 1. The van der Waals surface area contributed by atoms with Crippen LogP contribution >= 0.6 is 0 Å². The maximum absolute atomic E-state index is 12.0. The molecule has 0 radical (unpaired) electrons. The van der Waals surface area contributed by atoms with Gasteiger partial charge in [0.05, 0.1) is 25.0 Å². The van der Waals surface area contributed by atoms with Crippen LogP contribution in [0.2, 0.25) is 0 Å². The minimum Gasteiger partial charge on any atom is -0.490 e. The number of hydrogen-bond acceptors (Lipinski definition) is 6. The molecular formula is C13H16N2O6. The fraction of sp³-hybridized carbons (Fsp3) is 0.385. The lowest BCUT2D eigenvalue weighted by Crippen LogP contribution is -2.28. The van der Waals surface area contributed by atoms with Crippen molar-refractivity contribution in [2.24, 2.45) is 0 Å². The molecule has 21 heavy (non-hydrogen) atoms. The van der Waals surface area contributed by atoms with E-state index >= 15 is 0 Å². The number of methoxy groups -OCH3 is 1. The van der Waals surface area contributed by atoms with E-state index in [0.717, 1.165) is 6.07 Å². The van der Waals surface area contributed by atoms with E-state index in [0.29, 0.717) is 0 Å². The average molecular weight is 296 g/mol. The van der Waals surface area contributed by atoms with Gasteiger partial charge in [-0.2, -0.15) is 0 Å². The molecule has 1 aromatic rings. The molecule has 0 spiro atoms. The van der Waals surface area contributed by atoms with Crippen molar-refractivity contribution in [3.63, 3.8) is 0 Å². The summed E-state index contributed by atoms with van der Waals surface area (Å²) in [7, 11) is 2.92. The monoisotopic (exact) mass is 296 g/mol. The average Bonchev–Trinajstić information content (AvgIpc) is 2.44. The molecule has 0 aliphatic heterocycles. The summed E-state index contributed by atoms with van der Waals surface area (Å²) >= 11 is 0. The van der Waals surface area contributed by atoms with E-state index < -0.39 is 10.9 Å². The second kappa shape index (κ2) is 7.34. The highest BCUT2D eigenvalue weighted by atomic mass is 16.6. The summed E-state index contributed by atoms with van der Waals surface area (Å²) in [6.07, 6.45) is -0.0768. The van der Waals surface area contributed by atoms with E-state index in [2.05, 4.69) is 0 Å². The van der Waals surface area contributed by atoms with Crippen molar-refractivity contribution in [3.05, 3.63) is 33.9 Å². The Morgan fingerprint density at radius 2 is 2.10 bits per heavy atom. The first-order valence-corrected chi connectivity index (χ1v) is 6.11. The predicted octanol–water partition coefficient (Wildman–Crippen LogP) is 1.19. The van der Waals surface area contributed by atoms with Gasteiger partial charge in [-0.15, -0.1) is 0 Å². The molecule has 0 atom stereocenters. The molecule has 1 rings (SSSR count). The summed E-state index contributed by atoms with van der Waals surface area (Å²) in [5, 5.41) is 19.5. The Kier molecular flexibility index (Phi) is 5.79. The van der Waals surface area contributed by atoms with E-state index in [1.807, 2.05) is 0 Å². The first kappa shape index (κ1) is 16.6. The molecule has 0 unspecified atom stereocenters. The highest BCUT2D eigenvalue weighted by molar-refractivity contribution is 5.98. The molecule has 0 aliphatic carbocycles. The highest BCUT2D eigenvalue weighted by Gasteiger charge is 2.19. The summed E-state index contributed by atoms with van der Waals surface area (Å²) in [6.45, 7) is 0.204. The Hall–Kier alpha value is -2.48. The number of carbonyl (C=O) groups excluding carboxylic acids is 1. The number of rotatable bonds is 8. The molecule has 0 fully saturated rings. The molecule has 0 heterocycles. The van der Waals surface area contributed by atoms with Crippen LogP contribution in [0.4, 0.5) is 5.69 Å². The van der Waals surface area contributed by atoms with Crippen LogP contribution in [0.25, 0.3) is 0 Å². The fourth-order valence-electron chi connectivity index (χ4n) is 1.71. The number of nitro benzene ring substituents is 1. The van der Waals surface area contributed by atoms with Gasteiger partial charge in [-0.05, 0) is 19.2 Å². The number of Topliss-reactive ketones (excluding diaryl/α,β-unsaturated/α-hetero) is 1. The molecule has 114 valence electrons. The summed E-state index contributed by atoms with van der Waals surface area (Å²) in [4.78, 5) is 34.3. The fourth-order valence-corrected chi connectivity index (χ4v) is 1.71. The largest absolute Gasteiger partial charge is 0.490 e. The number of ketones is 1. The van der Waals surface area contributed by atoms with Gasteiger partial charge in [0.1, 0.15) is 0 Å². The minimum absolute atomic E-state index is 0.0171. The second-order valence-corrected chi connectivity index (χ2v) is 4.45. The molecular weight excluding hydrogens is 280 g/mol. The van der Waals surface area contributed by atoms with Gasteiger partial charge in [0.15, 0.2) is 11.5 Å². The Morgan fingerprint density at radius 3 is 2.62 bits per heavy atom. The molecule has 8 heteroatoms. The lowest BCUT2D eigenvalue weighted by molar-refractivity contribution is -0.385. The molecule has 8 nitrogen and oxygen atoms in total. The molecule has 0 bridgehead atoms. The van der Waals surface area contributed by atoms with E-state index in [9.17, 15) is 19.7 Å². The summed E-state index contributed by atoms with van der Waals surface area (Å²) in [6, 6.07) is 3.97. The molecule has 0 amide bonds. The van der Waals surface area contributed by atoms with Gasteiger partial charge < -0.3 is 9.84 Å². The normalized spacial score (nSPS) is 10.4. The van der Waals surface area contributed by atoms with Crippen LogP contribution in [0, 0.1) is 10.1 Å². The number of carboxylic acid groups (broad SMARTS) is 1. The van der Waals surface area contributed by atoms with Crippen LogP contribution < -0.4 is 4.74 Å². The number of nitrogens with zero attached hydrogens (tertiary/aromatic N) is 2. The maximum Gasteiger partial charge on any atom is 0.311 e. The second-order valence-electron chi connectivity index (χ2n) is 4.45. The number of likely N-dealkylation sites (N-methyl/N-ethyl adjacent to an activating group) is 1. The van der Waals surface area contributed by atoms with Gasteiger partial charge >= 0.3 is 11.7 Å². The van der Waals surface area contributed by atoms with Crippen molar-refractivity contribution >= 4 is 17.4 Å². The predicted molar refractivity (Wildman–Crippen MR) is 73.7 cm³/mol. The van der Waals surface area contributed by atoms with E-state index in [4.69, 9.17) is 9.84 Å². The third-order valence-corrected chi connectivity index (χ3v) is 2.82. The van der Waals surface area contributed by atoms with Gasteiger partial charge in [0.2, 0.25) is 0 Å².